The molecule has 0 aliphatic carbocycles. The summed E-state index contributed by atoms with van der Waals surface area (Å²) in [5, 5.41) is 3.15. The highest BCUT2D eigenvalue weighted by molar-refractivity contribution is 5.80. The van der Waals surface area contributed by atoms with Crippen molar-refractivity contribution in [3.8, 4) is 0 Å². The molecule has 17 heavy (non-hydrogen) atoms. The lowest BCUT2D eigenvalue weighted by Gasteiger charge is -2.35. The maximum atomic E-state index is 12.0. The molecule has 4 heteroatoms. The van der Waals surface area contributed by atoms with Gasteiger partial charge in [0.2, 0.25) is 0 Å². The molecule has 0 bridgehead atoms. The Hall–Kier alpha value is -0.870. The van der Waals surface area contributed by atoms with Gasteiger partial charge >= 0.3 is 5.97 Å². The molecule has 0 aliphatic heterocycles. The van der Waals surface area contributed by atoms with Crippen molar-refractivity contribution in [3.63, 3.8) is 0 Å². The van der Waals surface area contributed by atoms with E-state index in [2.05, 4.69) is 11.9 Å². The zero-order valence-corrected chi connectivity index (χ0v) is 11.6. The summed E-state index contributed by atoms with van der Waals surface area (Å²) in [5.74, 6) is -0.257. The molecular formula is C13H25NO3. The molecule has 0 aliphatic rings. The van der Waals surface area contributed by atoms with Gasteiger partial charge in [0.25, 0.3) is 0 Å². The highest BCUT2D eigenvalue weighted by Gasteiger charge is 2.39. The average Bonchev–Trinajstić information content (AvgIpc) is 2.26. The van der Waals surface area contributed by atoms with Gasteiger partial charge in [-0.1, -0.05) is 6.08 Å². The molecule has 0 aromatic heterocycles. The van der Waals surface area contributed by atoms with Crippen molar-refractivity contribution >= 4 is 5.97 Å². The topological polar surface area (TPSA) is 47.6 Å². The smallest absolute Gasteiger partial charge is 0.326 e. The minimum Gasteiger partial charge on any atom is -0.465 e. The molecule has 0 spiro atoms. The van der Waals surface area contributed by atoms with Gasteiger partial charge in [-0.05, 0) is 27.7 Å². The summed E-state index contributed by atoms with van der Waals surface area (Å²) < 4.78 is 10.5. The number of carbonyl (C=O) groups excluding carboxylic acids is 1. The Morgan fingerprint density at radius 2 is 2.00 bits per heavy atom. The van der Waals surface area contributed by atoms with Crippen LogP contribution in [-0.4, -0.2) is 37.4 Å². The first-order chi connectivity index (χ1) is 7.81. The van der Waals surface area contributed by atoms with Crippen LogP contribution in [0.15, 0.2) is 12.7 Å². The lowest BCUT2D eigenvalue weighted by atomic mass is 9.87. The second-order valence-electron chi connectivity index (χ2n) is 4.86. The zero-order valence-electron chi connectivity index (χ0n) is 11.6. The van der Waals surface area contributed by atoms with E-state index >= 15 is 0 Å². The Morgan fingerprint density at radius 3 is 2.41 bits per heavy atom. The van der Waals surface area contributed by atoms with Crippen LogP contribution in [0.4, 0.5) is 0 Å². The van der Waals surface area contributed by atoms with Crippen LogP contribution in [-0.2, 0) is 14.3 Å². The Labute approximate surface area is 104 Å². The maximum absolute atomic E-state index is 12.0. The van der Waals surface area contributed by atoms with E-state index in [0.717, 1.165) is 0 Å². The highest BCUT2D eigenvalue weighted by atomic mass is 16.5. The van der Waals surface area contributed by atoms with E-state index in [1.165, 1.54) is 0 Å². The second kappa shape index (κ2) is 6.77. The molecule has 0 heterocycles. The van der Waals surface area contributed by atoms with Crippen LogP contribution < -0.4 is 5.32 Å². The molecule has 1 unspecified atom stereocenters. The van der Waals surface area contributed by atoms with E-state index in [-0.39, 0.29) is 5.97 Å². The van der Waals surface area contributed by atoms with Crippen LogP contribution in [0, 0.1) is 0 Å². The maximum Gasteiger partial charge on any atom is 0.326 e. The van der Waals surface area contributed by atoms with E-state index in [1.54, 1.807) is 20.1 Å². The third-order valence-electron chi connectivity index (χ3n) is 2.69. The molecule has 0 rings (SSSR count). The van der Waals surface area contributed by atoms with Gasteiger partial charge in [-0.3, -0.25) is 10.1 Å². The van der Waals surface area contributed by atoms with E-state index < -0.39 is 11.1 Å². The summed E-state index contributed by atoms with van der Waals surface area (Å²) in [4.78, 5) is 12.0. The van der Waals surface area contributed by atoms with Crippen LogP contribution >= 0.6 is 0 Å². The molecule has 0 fully saturated rings. The van der Waals surface area contributed by atoms with Crippen LogP contribution in [0.2, 0.25) is 0 Å². The first-order valence-corrected chi connectivity index (χ1v) is 5.89. The molecule has 0 aromatic rings. The Morgan fingerprint density at radius 1 is 1.41 bits per heavy atom. The summed E-state index contributed by atoms with van der Waals surface area (Å²) in [6.07, 6.45) is 2.25. The van der Waals surface area contributed by atoms with Gasteiger partial charge in [0.1, 0.15) is 5.54 Å². The summed E-state index contributed by atoms with van der Waals surface area (Å²) in [5.41, 5.74) is -1.15. The van der Waals surface area contributed by atoms with Crippen molar-refractivity contribution in [1.29, 1.82) is 0 Å². The lowest BCUT2D eigenvalue weighted by molar-refractivity contribution is -0.153. The predicted octanol–water partition coefficient (Wildman–Crippen LogP) is 1.90. The fraction of sp³-hybridized carbons (Fsp3) is 0.769. The van der Waals surface area contributed by atoms with Gasteiger partial charge in [-0.15, -0.1) is 6.58 Å². The highest BCUT2D eigenvalue weighted by Crippen LogP contribution is 2.24. The minimum absolute atomic E-state index is 0.257. The Bertz CT molecular complexity index is 263. The Kier molecular flexibility index (Phi) is 6.42. The molecule has 0 aromatic carbocycles. The first kappa shape index (κ1) is 16.1. The van der Waals surface area contributed by atoms with Gasteiger partial charge in [0, 0.05) is 20.1 Å². The van der Waals surface area contributed by atoms with E-state index in [0.29, 0.717) is 19.6 Å². The minimum atomic E-state index is -0.760. The number of carbonyl (C=O) groups is 1. The summed E-state index contributed by atoms with van der Waals surface area (Å²) >= 11 is 0. The molecule has 0 saturated heterocycles. The number of hydrogen-bond acceptors (Lipinski definition) is 4. The summed E-state index contributed by atoms with van der Waals surface area (Å²) in [6.45, 7) is 12.1. The largest absolute Gasteiger partial charge is 0.465 e. The second-order valence-corrected chi connectivity index (χ2v) is 4.86. The monoisotopic (exact) mass is 243 g/mol. The Balaban J connectivity index is 4.82. The van der Waals surface area contributed by atoms with Gasteiger partial charge in [0.15, 0.2) is 0 Å². The fourth-order valence-electron chi connectivity index (χ4n) is 1.72. The molecule has 4 nitrogen and oxygen atoms in total. The van der Waals surface area contributed by atoms with Gasteiger partial charge in [0.05, 0.1) is 12.2 Å². The quantitative estimate of drug-likeness (QED) is 0.522. The number of methoxy groups -OCH3 is 1. The molecular weight excluding hydrogens is 218 g/mol. The number of hydrogen-bond donors (Lipinski definition) is 1. The van der Waals surface area contributed by atoms with Gasteiger partial charge < -0.3 is 9.47 Å². The third-order valence-corrected chi connectivity index (χ3v) is 2.69. The molecule has 1 atom stereocenters. The zero-order chi connectivity index (χ0) is 13.5. The van der Waals surface area contributed by atoms with Crippen molar-refractivity contribution in [2.24, 2.45) is 0 Å². The van der Waals surface area contributed by atoms with Crippen molar-refractivity contribution in [1.82, 2.24) is 5.32 Å². The predicted molar refractivity (Wildman–Crippen MR) is 68.9 cm³/mol. The molecule has 100 valence electrons. The van der Waals surface area contributed by atoms with E-state index in [9.17, 15) is 4.79 Å². The molecule has 0 radical (unpaired) electrons. The first-order valence-electron chi connectivity index (χ1n) is 5.89. The average molecular weight is 243 g/mol. The third kappa shape index (κ3) is 5.33. The molecule has 0 amide bonds. The van der Waals surface area contributed by atoms with Gasteiger partial charge in [-0.25, -0.2) is 0 Å². The lowest BCUT2D eigenvalue weighted by Crippen LogP contribution is -2.54. The summed E-state index contributed by atoms with van der Waals surface area (Å²) in [6, 6.07) is 0. The van der Waals surface area contributed by atoms with Crippen molar-refractivity contribution < 1.29 is 14.3 Å². The standard InChI is InChI=1S/C13H25NO3/c1-7-9-14-13(5,11(15)17-8-2)10-12(3,4)16-6/h7,14H,1,8-10H2,2-6H3. The number of esters is 1. The van der Waals surface area contributed by atoms with Crippen LogP contribution in [0.5, 0.6) is 0 Å². The van der Waals surface area contributed by atoms with E-state index in [1.807, 2.05) is 20.8 Å². The van der Waals surface area contributed by atoms with Crippen molar-refractivity contribution in [2.45, 2.75) is 45.3 Å². The fourth-order valence-corrected chi connectivity index (χ4v) is 1.72. The van der Waals surface area contributed by atoms with E-state index in [4.69, 9.17) is 9.47 Å². The summed E-state index contributed by atoms with van der Waals surface area (Å²) in [7, 11) is 1.64. The number of rotatable bonds is 8. The normalized spacial score (nSPS) is 15.1. The molecule has 1 N–H and O–H groups in total. The number of ether oxygens (including phenoxy) is 2. The van der Waals surface area contributed by atoms with Crippen molar-refractivity contribution in [3.05, 3.63) is 12.7 Å². The van der Waals surface area contributed by atoms with Crippen LogP contribution in [0.3, 0.4) is 0 Å². The molecule has 0 saturated carbocycles. The SMILES string of the molecule is C=CCNC(C)(CC(C)(C)OC)C(=O)OCC. The van der Waals surface area contributed by atoms with Crippen molar-refractivity contribution in [2.75, 3.05) is 20.3 Å². The number of nitrogens with one attached hydrogen (secondary N) is 1. The van der Waals surface area contributed by atoms with Crippen LogP contribution in [0.1, 0.15) is 34.1 Å². The van der Waals surface area contributed by atoms with Crippen LogP contribution in [0.25, 0.3) is 0 Å². The van der Waals surface area contributed by atoms with Gasteiger partial charge in [-0.2, -0.15) is 0 Å².